The summed E-state index contributed by atoms with van der Waals surface area (Å²) in [4.78, 5) is 172. The first-order valence-electron chi connectivity index (χ1n) is 33.3. The zero-order valence-corrected chi connectivity index (χ0v) is 61.5. The summed E-state index contributed by atoms with van der Waals surface area (Å²) in [5.74, 6) is -9.98. The average molecular weight is 1340 g/mol. The maximum absolute atomic E-state index is 15.3. The van der Waals surface area contributed by atoms with Gasteiger partial charge in [0.05, 0.1) is 11.7 Å². The Labute approximate surface area is 560 Å². The molecule has 7 N–H and O–H groups in total. The Bertz CT molecular complexity index is 2530. The first-order chi connectivity index (χ1) is 43.0. The first kappa shape index (κ1) is 85.2. The number of hydrogen-bond donors (Lipinski definition) is 7. The monoisotopic (exact) mass is 1340 g/mol. The van der Waals surface area contributed by atoms with Gasteiger partial charge < -0.3 is 70.9 Å². The molecule has 1 heterocycles. The molecule has 0 spiro atoms. The molecule has 93 heavy (non-hydrogen) atoms. The van der Waals surface area contributed by atoms with E-state index < -0.39 is 161 Å². The normalized spacial score (nSPS) is 26.6. The van der Waals surface area contributed by atoms with Crippen LogP contribution in [0.15, 0.2) is 12.2 Å². The third-order valence-electron chi connectivity index (χ3n) is 17.4. The summed E-state index contributed by atoms with van der Waals surface area (Å²) < 4.78 is 0. The van der Waals surface area contributed by atoms with Crippen LogP contribution in [0.4, 0.5) is 0 Å². The summed E-state index contributed by atoms with van der Waals surface area (Å²) in [6.07, 6.45) is 3.06. The highest BCUT2D eigenvalue weighted by Gasteiger charge is 2.47. The smallest absolute Gasteiger partial charge is 0.246 e. The molecule has 1 fully saturated rings. The fraction of sp³-hybridized carbons (Fsp3) is 0.806. The molecule has 1 rings (SSSR count). The molecule has 0 unspecified atom stereocenters. The Hall–Kier alpha value is -5.86. The topological polar surface area (TPSA) is 319 Å². The van der Waals surface area contributed by atoms with E-state index in [-0.39, 0.29) is 68.6 Å². The van der Waals surface area contributed by atoms with Gasteiger partial charge in [-0.2, -0.15) is 11.8 Å². The fourth-order valence-corrected chi connectivity index (χ4v) is 12.5. The first-order valence-corrected chi connectivity index (χ1v) is 34.4. The number of amides is 11. The molecule has 0 aliphatic carbocycles. The Morgan fingerprint density at radius 1 is 0.527 bits per heavy atom. The molecular weight excluding hydrogens is 1210 g/mol. The second-order valence-corrected chi connectivity index (χ2v) is 29.3. The lowest BCUT2D eigenvalue weighted by Crippen LogP contribution is -2.64. The summed E-state index contributed by atoms with van der Waals surface area (Å²) in [5.41, 5.74) is -1.60. The maximum Gasteiger partial charge on any atom is 0.246 e. The quantitative estimate of drug-likeness (QED) is 0.0641. The highest BCUT2D eigenvalue weighted by atomic mass is 32.2. The number of aliphatic hydroxyl groups is 3. The van der Waals surface area contributed by atoms with E-state index in [9.17, 15) is 39.3 Å². The van der Waals surface area contributed by atoms with Crippen LogP contribution in [0.2, 0.25) is 0 Å². The molecule has 534 valence electrons. The van der Waals surface area contributed by atoms with Crippen LogP contribution in [-0.2, 0) is 52.7 Å². The zero-order valence-electron chi connectivity index (χ0n) is 60.7. The molecule has 0 saturated carbocycles. The van der Waals surface area contributed by atoms with Gasteiger partial charge in [0.15, 0.2) is 0 Å². The molecule has 0 radical (unpaired) electrons. The molecule has 0 aromatic carbocycles. The van der Waals surface area contributed by atoms with Gasteiger partial charge in [0.2, 0.25) is 65.0 Å². The zero-order chi connectivity index (χ0) is 72.0. The second-order valence-electron chi connectivity index (χ2n) is 28.2. The predicted molar refractivity (Wildman–Crippen MR) is 362 cm³/mol. The summed E-state index contributed by atoms with van der Waals surface area (Å²) in [6.45, 7) is 28.8. The van der Waals surface area contributed by atoms with Crippen LogP contribution in [0.25, 0.3) is 0 Å². The molecule has 25 nitrogen and oxygen atoms in total. The third-order valence-corrected chi connectivity index (χ3v) is 18.6. The molecule has 1 aliphatic rings. The van der Waals surface area contributed by atoms with Crippen molar-refractivity contribution in [2.45, 2.75) is 247 Å². The number of carbonyl (C=O) groups excluding carboxylic acids is 11. The minimum absolute atomic E-state index is 0.0505. The highest BCUT2D eigenvalue weighted by Crippen LogP contribution is 2.27. The van der Waals surface area contributed by atoms with Crippen LogP contribution >= 0.6 is 11.8 Å². The van der Waals surface area contributed by atoms with Crippen molar-refractivity contribution in [1.29, 1.82) is 0 Å². The number of hydrogen-bond acceptors (Lipinski definition) is 15. The minimum Gasteiger partial charge on any atom is -0.396 e. The summed E-state index contributed by atoms with van der Waals surface area (Å²) in [5, 5.41) is 44.3. The van der Waals surface area contributed by atoms with Gasteiger partial charge in [-0.05, 0) is 121 Å². The Kier molecular flexibility index (Phi) is 35.9. The van der Waals surface area contributed by atoms with E-state index in [0.29, 0.717) is 18.6 Å². The lowest BCUT2D eigenvalue weighted by atomic mass is 9.91. The van der Waals surface area contributed by atoms with Crippen LogP contribution in [-0.4, -0.2) is 260 Å². The second kappa shape index (κ2) is 39.2. The number of carbonyl (C=O) groups is 11. The number of nitrogens with zero attached hydrogens (tertiary/aromatic N) is 7. The van der Waals surface area contributed by atoms with E-state index in [1.807, 2.05) is 41.5 Å². The molecular formula is C67H121N11O14S. The van der Waals surface area contributed by atoms with Gasteiger partial charge in [-0.25, -0.2) is 0 Å². The standard InChI is InChI=1S/C67H121N11O14S/c1-25-27-29-43(13)55(80)54-59(84)70-46(26-2)61(86)76(22)51(37-93-33-28-32-79)64(89)75(21)50(36-67(16,17)92)58(83)71-52(41(9)10)65(90)72(18)47(31-30-38(3)4)57(82)68-44(14)56(81)69-45(15)60(85)73(19)48(34-39(5)6)62(87)74(20)49(35-40(7)8)63(88)77(23)53(42(11)12)66(91)78(54)24/h25,27,38-55,79-80,92H,26,28-37H2,1-24H3,(H,68,82)(H,69,81)(H,70,84)(H,71,83)/b27-25+/t43-,44+,45+,46-,47-,48+,49-,50+,51+,52-,53-,54+,55-/m1/s1. The van der Waals surface area contributed by atoms with Crippen LogP contribution in [0, 0.1) is 35.5 Å². The predicted octanol–water partition coefficient (Wildman–Crippen LogP) is 3.26. The summed E-state index contributed by atoms with van der Waals surface area (Å²) in [7, 11) is 9.75. The molecule has 1 saturated heterocycles. The van der Waals surface area contributed by atoms with Crippen molar-refractivity contribution in [1.82, 2.24) is 55.6 Å². The number of likely N-dealkylation sites (N-methyl/N-ethyl adjacent to an activating group) is 7. The van der Waals surface area contributed by atoms with E-state index >= 15 is 28.8 Å². The minimum atomic E-state index is -1.67. The van der Waals surface area contributed by atoms with Gasteiger partial charge in [0.25, 0.3) is 0 Å². The Morgan fingerprint density at radius 2 is 0.989 bits per heavy atom. The van der Waals surface area contributed by atoms with Gasteiger partial charge >= 0.3 is 0 Å². The molecule has 26 heteroatoms. The number of thioether (sulfide) groups is 1. The summed E-state index contributed by atoms with van der Waals surface area (Å²) in [6, 6.07) is -14.6. The van der Waals surface area contributed by atoms with Crippen molar-refractivity contribution in [3.05, 3.63) is 12.2 Å². The molecule has 13 atom stereocenters. The highest BCUT2D eigenvalue weighted by molar-refractivity contribution is 7.99. The van der Waals surface area contributed by atoms with Crippen molar-refractivity contribution in [3.63, 3.8) is 0 Å². The third kappa shape index (κ3) is 25.0. The maximum atomic E-state index is 15.3. The van der Waals surface area contributed by atoms with E-state index in [1.165, 1.54) is 108 Å². The van der Waals surface area contributed by atoms with Gasteiger partial charge in [-0.1, -0.05) is 95.2 Å². The summed E-state index contributed by atoms with van der Waals surface area (Å²) >= 11 is 1.24. The van der Waals surface area contributed by atoms with Crippen molar-refractivity contribution >= 4 is 76.7 Å². The van der Waals surface area contributed by atoms with Gasteiger partial charge in [0, 0.05) is 68.1 Å². The SMILES string of the molecule is C/C=C/C[C@@H](C)[C@@H](O)[C@H]1C(=O)N[C@H](CC)C(=O)N(C)[C@@H](CSCCCO)C(=O)N(C)[C@@H](CC(C)(C)O)C(=O)N[C@H](C(C)C)C(=O)N(C)[C@H](CCC(C)C)C(=O)N[C@@H](C)C(=O)N[C@@H](C)C(=O)N(C)[C@@H](CC(C)C)C(=O)N(C)[C@H](CC(C)C)C(=O)N(C)[C@H](C(C)C)C(=O)N1C. The van der Waals surface area contributed by atoms with Crippen LogP contribution < -0.4 is 21.3 Å². The number of allylic oxidation sites excluding steroid dienone is 2. The molecule has 0 bridgehead atoms. The Balaban J connectivity index is 4.56. The number of nitrogens with one attached hydrogen (secondary N) is 4. The van der Waals surface area contributed by atoms with Crippen LogP contribution in [0.3, 0.4) is 0 Å². The molecule has 11 amide bonds. The number of rotatable bonds is 21. The van der Waals surface area contributed by atoms with E-state index in [4.69, 9.17) is 0 Å². The van der Waals surface area contributed by atoms with Gasteiger partial charge in [-0.3, -0.25) is 52.7 Å². The van der Waals surface area contributed by atoms with Gasteiger partial charge in [0.1, 0.15) is 66.5 Å². The van der Waals surface area contributed by atoms with E-state index in [0.717, 1.165) is 14.7 Å². The van der Waals surface area contributed by atoms with Crippen molar-refractivity contribution in [2.24, 2.45) is 35.5 Å². The molecule has 1 aliphatic heterocycles. The van der Waals surface area contributed by atoms with E-state index in [2.05, 4.69) is 21.3 Å². The van der Waals surface area contributed by atoms with Crippen LogP contribution in [0.5, 0.6) is 0 Å². The van der Waals surface area contributed by atoms with Gasteiger partial charge in [-0.15, -0.1) is 0 Å². The number of aliphatic hydroxyl groups excluding tert-OH is 2. The van der Waals surface area contributed by atoms with Crippen molar-refractivity contribution in [2.75, 3.05) is 67.4 Å². The largest absolute Gasteiger partial charge is 0.396 e. The lowest BCUT2D eigenvalue weighted by molar-refractivity contribution is -0.157. The van der Waals surface area contributed by atoms with E-state index in [1.54, 1.807) is 60.6 Å². The van der Waals surface area contributed by atoms with Crippen LogP contribution in [0.1, 0.15) is 169 Å². The molecule has 0 aromatic rings. The van der Waals surface area contributed by atoms with Crippen molar-refractivity contribution in [3.8, 4) is 0 Å². The molecule has 0 aromatic heterocycles. The fourth-order valence-electron chi connectivity index (χ4n) is 11.4. The lowest BCUT2D eigenvalue weighted by Gasteiger charge is -2.41. The Morgan fingerprint density at radius 3 is 1.46 bits per heavy atom. The van der Waals surface area contributed by atoms with Crippen molar-refractivity contribution < 1.29 is 68.1 Å². The average Bonchev–Trinajstić information content (AvgIpc) is 0.819.